The van der Waals surface area contributed by atoms with Crippen LogP contribution in [0.25, 0.3) is 10.9 Å². The van der Waals surface area contributed by atoms with Gasteiger partial charge in [-0.05, 0) is 18.6 Å². The largest absolute Gasteiger partial charge is 0.278 e. The first-order valence-corrected chi connectivity index (χ1v) is 3.85. The van der Waals surface area contributed by atoms with Gasteiger partial charge in [-0.1, -0.05) is 12.1 Å². The number of aromatic nitrogens is 2. The van der Waals surface area contributed by atoms with Gasteiger partial charge in [0.25, 0.3) is 0 Å². The van der Waals surface area contributed by atoms with Crippen molar-refractivity contribution < 1.29 is 4.39 Å². The fraction of sp³-hybridized carbons (Fsp3) is 0.222. The first kappa shape index (κ1) is 7.28. The fourth-order valence-electron chi connectivity index (χ4n) is 1.34. The molecule has 0 radical (unpaired) electrons. The summed E-state index contributed by atoms with van der Waals surface area (Å²) in [6.07, 6.45) is 0.715. The molecule has 1 atom stereocenters. The maximum absolute atomic E-state index is 13.0. The molecular weight excluding hydrogens is 155 g/mol. The number of hydrogen-bond donors (Lipinski definition) is 1. The van der Waals surface area contributed by atoms with Gasteiger partial charge >= 0.3 is 0 Å². The molecule has 0 aliphatic rings. The van der Waals surface area contributed by atoms with Crippen LogP contribution < -0.4 is 0 Å². The van der Waals surface area contributed by atoms with Crippen LogP contribution in [0, 0.1) is 0 Å². The lowest BCUT2D eigenvalue weighted by molar-refractivity contribution is 0.376. The van der Waals surface area contributed by atoms with E-state index in [0.717, 1.165) is 10.9 Å². The SMILES string of the molecule is CC(F)c1cccc2[nH]ncc12. The number of H-pyrrole nitrogens is 1. The summed E-state index contributed by atoms with van der Waals surface area (Å²) in [5.74, 6) is 0. The fourth-order valence-corrected chi connectivity index (χ4v) is 1.34. The molecule has 0 saturated carbocycles. The minimum absolute atomic E-state index is 0.696. The highest BCUT2D eigenvalue weighted by Gasteiger charge is 2.07. The molecule has 1 aromatic heterocycles. The molecule has 2 rings (SSSR count). The van der Waals surface area contributed by atoms with Gasteiger partial charge in [0.15, 0.2) is 0 Å². The number of rotatable bonds is 1. The minimum Gasteiger partial charge on any atom is -0.278 e. The number of alkyl halides is 1. The minimum atomic E-state index is -0.939. The molecule has 2 aromatic rings. The number of fused-ring (bicyclic) bond motifs is 1. The van der Waals surface area contributed by atoms with Gasteiger partial charge in [0.2, 0.25) is 0 Å². The Morgan fingerprint density at radius 3 is 3.08 bits per heavy atom. The van der Waals surface area contributed by atoms with E-state index in [0.29, 0.717) is 5.56 Å². The van der Waals surface area contributed by atoms with Gasteiger partial charge in [0.05, 0.1) is 11.7 Å². The van der Waals surface area contributed by atoms with Gasteiger partial charge in [-0.3, -0.25) is 5.10 Å². The molecule has 1 unspecified atom stereocenters. The lowest BCUT2D eigenvalue weighted by Gasteiger charge is -2.01. The Labute approximate surface area is 69.4 Å². The Hall–Kier alpha value is -1.38. The van der Waals surface area contributed by atoms with Crippen LogP contribution >= 0.6 is 0 Å². The van der Waals surface area contributed by atoms with E-state index in [2.05, 4.69) is 10.2 Å². The zero-order chi connectivity index (χ0) is 8.55. The van der Waals surface area contributed by atoms with Crippen molar-refractivity contribution in [3.05, 3.63) is 30.0 Å². The molecule has 0 aliphatic carbocycles. The van der Waals surface area contributed by atoms with Gasteiger partial charge in [0.1, 0.15) is 6.17 Å². The number of nitrogens with one attached hydrogen (secondary N) is 1. The summed E-state index contributed by atoms with van der Waals surface area (Å²) in [5, 5.41) is 7.52. The number of nitrogens with zero attached hydrogens (tertiary/aromatic N) is 1. The van der Waals surface area contributed by atoms with Crippen LogP contribution in [0.15, 0.2) is 24.4 Å². The van der Waals surface area contributed by atoms with Crippen LogP contribution in [-0.2, 0) is 0 Å². The lowest BCUT2D eigenvalue weighted by atomic mass is 10.1. The standard InChI is InChI=1S/C9H9FN2/c1-6(10)7-3-2-4-9-8(7)5-11-12-9/h2-6H,1H3,(H,11,12). The molecular formula is C9H9FN2. The predicted octanol–water partition coefficient (Wildman–Crippen LogP) is 2.59. The van der Waals surface area contributed by atoms with Gasteiger partial charge in [-0.25, -0.2) is 4.39 Å². The first-order chi connectivity index (χ1) is 5.79. The summed E-state index contributed by atoms with van der Waals surface area (Å²) in [4.78, 5) is 0. The Balaban J connectivity index is 2.73. The summed E-state index contributed by atoms with van der Waals surface area (Å²) in [7, 11) is 0. The maximum atomic E-state index is 13.0. The third kappa shape index (κ3) is 0.978. The van der Waals surface area contributed by atoms with Crippen molar-refractivity contribution >= 4 is 10.9 Å². The van der Waals surface area contributed by atoms with Crippen molar-refractivity contribution in [1.82, 2.24) is 10.2 Å². The van der Waals surface area contributed by atoms with E-state index in [9.17, 15) is 4.39 Å². The molecule has 1 N–H and O–H groups in total. The summed E-state index contributed by atoms with van der Waals surface area (Å²) < 4.78 is 13.0. The zero-order valence-electron chi connectivity index (χ0n) is 6.71. The second kappa shape index (κ2) is 2.59. The third-order valence-corrected chi connectivity index (χ3v) is 1.95. The molecule has 0 saturated heterocycles. The van der Waals surface area contributed by atoms with E-state index in [4.69, 9.17) is 0 Å². The molecule has 1 heterocycles. The number of aromatic amines is 1. The average Bonchev–Trinajstić information content (AvgIpc) is 2.49. The molecule has 1 aromatic carbocycles. The normalized spacial score (nSPS) is 13.5. The van der Waals surface area contributed by atoms with Crippen molar-refractivity contribution in [2.45, 2.75) is 13.1 Å². The van der Waals surface area contributed by atoms with Crippen LogP contribution in [0.3, 0.4) is 0 Å². The summed E-state index contributed by atoms with van der Waals surface area (Å²) in [6.45, 7) is 1.53. The van der Waals surface area contributed by atoms with E-state index < -0.39 is 6.17 Å². The summed E-state index contributed by atoms with van der Waals surface area (Å²) in [6, 6.07) is 5.49. The van der Waals surface area contributed by atoms with E-state index in [1.807, 2.05) is 12.1 Å². The van der Waals surface area contributed by atoms with Crippen molar-refractivity contribution in [1.29, 1.82) is 0 Å². The smallest absolute Gasteiger partial charge is 0.123 e. The first-order valence-electron chi connectivity index (χ1n) is 3.85. The third-order valence-electron chi connectivity index (χ3n) is 1.95. The highest BCUT2D eigenvalue weighted by Crippen LogP contribution is 2.24. The Morgan fingerprint density at radius 1 is 1.50 bits per heavy atom. The van der Waals surface area contributed by atoms with Crippen molar-refractivity contribution in [3.63, 3.8) is 0 Å². The van der Waals surface area contributed by atoms with E-state index in [1.54, 1.807) is 12.3 Å². The molecule has 0 spiro atoms. The number of hydrogen-bond acceptors (Lipinski definition) is 1. The van der Waals surface area contributed by atoms with Gasteiger partial charge in [-0.2, -0.15) is 5.10 Å². The van der Waals surface area contributed by atoms with Crippen LogP contribution in [0.4, 0.5) is 4.39 Å². The predicted molar refractivity (Wildman–Crippen MR) is 45.6 cm³/mol. The van der Waals surface area contributed by atoms with E-state index in [-0.39, 0.29) is 0 Å². The topological polar surface area (TPSA) is 28.7 Å². The highest BCUT2D eigenvalue weighted by atomic mass is 19.1. The lowest BCUT2D eigenvalue weighted by Crippen LogP contribution is -1.85. The molecule has 12 heavy (non-hydrogen) atoms. The van der Waals surface area contributed by atoms with E-state index >= 15 is 0 Å². The van der Waals surface area contributed by atoms with Gasteiger partial charge < -0.3 is 0 Å². The monoisotopic (exact) mass is 164 g/mol. The molecule has 2 nitrogen and oxygen atoms in total. The Bertz CT molecular complexity index is 392. The van der Waals surface area contributed by atoms with Crippen molar-refractivity contribution in [2.24, 2.45) is 0 Å². The van der Waals surface area contributed by atoms with Crippen LogP contribution in [0.2, 0.25) is 0 Å². The van der Waals surface area contributed by atoms with Gasteiger partial charge in [0, 0.05) is 5.39 Å². The van der Waals surface area contributed by atoms with Crippen LogP contribution in [0.1, 0.15) is 18.7 Å². The molecule has 3 heteroatoms. The Kier molecular flexibility index (Phi) is 1.57. The zero-order valence-corrected chi connectivity index (χ0v) is 6.71. The van der Waals surface area contributed by atoms with Crippen molar-refractivity contribution in [3.8, 4) is 0 Å². The second-order valence-corrected chi connectivity index (χ2v) is 2.79. The van der Waals surface area contributed by atoms with Crippen molar-refractivity contribution in [2.75, 3.05) is 0 Å². The summed E-state index contributed by atoms with van der Waals surface area (Å²) >= 11 is 0. The second-order valence-electron chi connectivity index (χ2n) is 2.79. The molecule has 0 fully saturated rings. The average molecular weight is 164 g/mol. The molecule has 0 aliphatic heterocycles. The van der Waals surface area contributed by atoms with Crippen LogP contribution in [-0.4, -0.2) is 10.2 Å². The Morgan fingerprint density at radius 2 is 2.33 bits per heavy atom. The molecule has 62 valence electrons. The van der Waals surface area contributed by atoms with Gasteiger partial charge in [-0.15, -0.1) is 0 Å². The number of halogens is 1. The highest BCUT2D eigenvalue weighted by molar-refractivity contribution is 5.81. The number of benzene rings is 1. The summed E-state index contributed by atoms with van der Waals surface area (Å²) in [5.41, 5.74) is 1.58. The molecule has 0 bridgehead atoms. The quantitative estimate of drug-likeness (QED) is 0.689. The van der Waals surface area contributed by atoms with E-state index in [1.165, 1.54) is 6.92 Å². The van der Waals surface area contributed by atoms with Crippen LogP contribution in [0.5, 0.6) is 0 Å². The maximum Gasteiger partial charge on any atom is 0.123 e. The molecule has 0 amide bonds.